The molecule has 0 fully saturated rings. The normalized spacial score (nSPS) is 11.9. The highest BCUT2D eigenvalue weighted by molar-refractivity contribution is 7.80. The van der Waals surface area contributed by atoms with E-state index in [9.17, 15) is 13.0 Å². The Bertz CT molecular complexity index is 335. The van der Waals surface area contributed by atoms with Gasteiger partial charge in [-0.2, -0.15) is 0 Å². The van der Waals surface area contributed by atoms with Crippen LogP contribution < -0.4 is 0 Å². The quantitative estimate of drug-likeness (QED) is 0.206. The lowest BCUT2D eigenvalue weighted by Gasteiger charge is -2.10. The molecule has 4 nitrogen and oxygen atoms in total. The number of hydrogen-bond donors (Lipinski definition) is 0. The van der Waals surface area contributed by atoms with Crippen LogP contribution in [-0.4, -0.2) is 24.8 Å². The lowest BCUT2D eigenvalue weighted by atomic mass is 10.0. The maximum absolute atomic E-state index is 9.22. The van der Waals surface area contributed by atoms with Crippen molar-refractivity contribution in [3.05, 3.63) is 0 Å². The monoisotopic (exact) mass is 370 g/mol. The Balaban J connectivity index is 0. The van der Waals surface area contributed by atoms with Crippen LogP contribution in [-0.2, 0) is 27.2 Å². The summed E-state index contributed by atoms with van der Waals surface area (Å²) in [6, 6.07) is 0. The van der Waals surface area contributed by atoms with E-state index in [1.54, 1.807) is 0 Å². The van der Waals surface area contributed by atoms with Gasteiger partial charge in [0, 0.05) is 0 Å². The highest BCUT2D eigenvalue weighted by Gasteiger charge is 2.16. The highest BCUT2D eigenvalue weighted by Crippen LogP contribution is 2.16. The summed E-state index contributed by atoms with van der Waals surface area (Å²) in [5.41, 5.74) is 0. The molecule has 0 saturated carbocycles. The van der Waals surface area contributed by atoms with Crippen molar-refractivity contribution >= 4 is 23.0 Å². The van der Waals surface area contributed by atoms with E-state index in [0.717, 1.165) is 7.11 Å². The van der Waals surface area contributed by atoms with Gasteiger partial charge in [-0.25, -0.2) is 8.42 Å². The molecule has 0 aliphatic heterocycles. The average molecular weight is 371 g/mol. The van der Waals surface area contributed by atoms with Crippen molar-refractivity contribution in [2.45, 2.75) is 103 Å². The molecule has 0 rings (SSSR count). The summed E-state index contributed by atoms with van der Waals surface area (Å²) in [5, 5.41) is 0. The minimum Gasteiger partial charge on any atom is -0.726 e. The molecule has 0 spiro atoms. The van der Waals surface area contributed by atoms with Gasteiger partial charge in [0.1, 0.15) is 4.75 Å². The zero-order valence-corrected chi connectivity index (χ0v) is 17.3. The maximum Gasteiger partial charge on any atom is 0.217 e. The van der Waals surface area contributed by atoms with E-state index in [1.807, 2.05) is 0 Å². The Labute approximate surface area is 150 Å². The molecule has 0 aromatic rings. The van der Waals surface area contributed by atoms with Crippen molar-refractivity contribution in [3.8, 4) is 0 Å². The van der Waals surface area contributed by atoms with Crippen molar-refractivity contribution < 1.29 is 17.2 Å². The topological polar surface area (TPSA) is 66.4 Å². The van der Waals surface area contributed by atoms with Crippen LogP contribution in [0.5, 0.6) is 0 Å². The summed E-state index contributed by atoms with van der Waals surface area (Å²) < 4.78 is 31.4. The Morgan fingerprint density at radius 3 is 1.43 bits per heavy atom. The molecule has 0 aliphatic carbocycles. The minimum absolute atomic E-state index is 0.347. The molecule has 0 radical (unpaired) electrons. The summed E-state index contributed by atoms with van der Waals surface area (Å²) in [6.07, 6.45) is 17.1. The molecule has 0 atom stereocenters. The number of unbranched alkanes of at least 4 members (excludes halogenated alkanes) is 10. The van der Waals surface area contributed by atoms with Gasteiger partial charge in [-0.1, -0.05) is 71.1 Å². The van der Waals surface area contributed by atoms with Crippen LogP contribution in [0.15, 0.2) is 0 Å². The van der Waals surface area contributed by atoms with Crippen LogP contribution in [0.2, 0.25) is 0 Å². The molecule has 23 heavy (non-hydrogen) atoms. The van der Waals surface area contributed by atoms with Crippen LogP contribution >= 0.6 is 0 Å². The molecule has 0 aromatic heterocycles. The van der Waals surface area contributed by atoms with Gasteiger partial charge in [0.2, 0.25) is 10.4 Å². The van der Waals surface area contributed by atoms with E-state index < -0.39 is 10.4 Å². The Kier molecular flexibility index (Phi) is 17.4. The highest BCUT2D eigenvalue weighted by atomic mass is 32.3. The van der Waals surface area contributed by atoms with E-state index >= 15 is 0 Å². The zero-order valence-electron chi connectivity index (χ0n) is 15.5. The molecule has 0 saturated heterocycles. The molecule has 0 heterocycles. The van der Waals surface area contributed by atoms with E-state index in [-0.39, 0.29) is 0 Å². The van der Waals surface area contributed by atoms with Gasteiger partial charge < -0.3 is 4.55 Å². The third-order valence-electron chi connectivity index (χ3n) is 3.61. The molecule has 0 bridgehead atoms. The first-order valence-electron chi connectivity index (χ1n) is 8.89. The summed E-state index contributed by atoms with van der Waals surface area (Å²) in [5.74, 6) is 0. The predicted octanol–water partition coefficient (Wildman–Crippen LogP) is 4.57. The van der Waals surface area contributed by atoms with Crippen LogP contribution in [0.25, 0.3) is 0 Å². The van der Waals surface area contributed by atoms with Gasteiger partial charge in [-0.15, -0.1) is 0 Å². The summed E-state index contributed by atoms with van der Waals surface area (Å²) in [6.45, 7) is 6.81. The number of hydrogen-bond acceptors (Lipinski definition) is 4. The second kappa shape index (κ2) is 15.7. The molecule has 0 unspecified atom stereocenters. The van der Waals surface area contributed by atoms with Crippen molar-refractivity contribution in [2.75, 3.05) is 7.11 Å². The summed E-state index contributed by atoms with van der Waals surface area (Å²) in [7, 11) is -3.60. The van der Waals surface area contributed by atoms with Gasteiger partial charge in [0.15, 0.2) is 0 Å². The summed E-state index contributed by atoms with van der Waals surface area (Å²) in [4.78, 5) is 0. The van der Waals surface area contributed by atoms with Crippen molar-refractivity contribution in [1.29, 1.82) is 0 Å². The number of rotatable bonds is 13. The van der Waals surface area contributed by atoms with E-state index in [0.29, 0.717) is 4.75 Å². The molecule has 0 N–H and O–H groups in total. The van der Waals surface area contributed by atoms with Crippen molar-refractivity contribution in [1.82, 2.24) is 0 Å². The Morgan fingerprint density at radius 1 is 0.870 bits per heavy atom. The standard InChI is InChI=1S/C16H34S.CH4O4S/c1-4-5-6-7-8-9-10-11-12-13-14-15-16(2,3)17;1-5-6(2,3)4/h17H,4-15H2,1-3H3;1H3,(H,2,3,4). The first kappa shape index (κ1) is 25.5. The predicted molar refractivity (Wildman–Crippen MR) is 102 cm³/mol. The maximum atomic E-state index is 9.22. The fraction of sp³-hybridized carbons (Fsp3) is 1.00. The Hall–Kier alpha value is 0.220. The fourth-order valence-electron chi connectivity index (χ4n) is 2.23. The molecule has 6 heteroatoms. The molecule has 0 amide bonds. The van der Waals surface area contributed by atoms with Crippen molar-refractivity contribution in [3.63, 3.8) is 0 Å². The van der Waals surface area contributed by atoms with E-state index in [4.69, 9.17) is 0 Å². The third kappa shape index (κ3) is 30.6. The van der Waals surface area contributed by atoms with Gasteiger partial charge in [0.25, 0.3) is 0 Å². The lowest BCUT2D eigenvalue weighted by Crippen LogP contribution is -2.14. The second-order valence-corrected chi connectivity index (χ2v) is 9.25. The molecule has 142 valence electrons. The fourth-order valence-corrected chi connectivity index (χ4v) is 2.41. The lowest BCUT2D eigenvalue weighted by molar-refractivity contribution is 0.314. The van der Waals surface area contributed by atoms with Crippen LogP contribution in [0.4, 0.5) is 0 Å². The molecule has 0 aliphatic rings. The third-order valence-corrected chi connectivity index (χ3v) is 4.27. The zero-order chi connectivity index (χ0) is 18.2. The van der Waals surface area contributed by atoms with Crippen LogP contribution in [0, 0.1) is 0 Å². The molecular formula is C17H38O4S2. The van der Waals surface area contributed by atoms with Gasteiger partial charge in [-0.3, -0.25) is 4.18 Å². The largest absolute Gasteiger partial charge is 0.726 e. The Morgan fingerprint density at radius 2 is 1.17 bits per heavy atom. The van der Waals surface area contributed by atoms with Gasteiger partial charge in [-0.05, 0) is 39.3 Å². The molecule has 0 aromatic carbocycles. The smallest absolute Gasteiger partial charge is 0.217 e. The van der Waals surface area contributed by atoms with E-state index in [1.165, 1.54) is 77.0 Å². The summed E-state index contributed by atoms with van der Waals surface area (Å²) >= 11 is 3.75. The van der Waals surface area contributed by atoms with Crippen LogP contribution in [0.1, 0.15) is 97.8 Å². The minimum atomic E-state index is -4.41. The van der Waals surface area contributed by atoms with Crippen molar-refractivity contribution in [2.24, 2.45) is 0 Å². The molecular weight excluding hydrogens is 332 g/mol. The first-order valence-corrected chi connectivity index (χ1v) is 10.7. The van der Waals surface area contributed by atoms with E-state index in [2.05, 4.69) is 37.6 Å². The average Bonchev–Trinajstić information content (AvgIpc) is 2.43. The second-order valence-electron chi connectivity index (χ2n) is 6.74. The first-order chi connectivity index (χ1) is 10.6. The SMILES string of the molecule is CCCCCCCCCCCCCC(C)(C)[SH2+].COS(=O)(=O)[O-]. The van der Waals surface area contributed by atoms with Gasteiger partial charge in [0.05, 0.1) is 7.11 Å². The van der Waals surface area contributed by atoms with Gasteiger partial charge >= 0.3 is 0 Å². The van der Waals surface area contributed by atoms with Crippen LogP contribution in [0.3, 0.4) is 0 Å².